The van der Waals surface area contributed by atoms with Gasteiger partial charge in [0, 0.05) is 19.6 Å². The second-order valence-corrected chi connectivity index (χ2v) is 8.81. The summed E-state index contributed by atoms with van der Waals surface area (Å²) in [6, 6.07) is 3.63. The predicted octanol–water partition coefficient (Wildman–Crippen LogP) is 0.251. The summed E-state index contributed by atoms with van der Waals surface area (Å²) < 4.78 is 36.6. The highest BCUT2D eigenvalue weighted by Crippen LogP contribution is 2.25. The van der Waals surface area contributed by atoms with E-state index in [0.29, 0.717) is 37.7 Å². The van der Waals surface area contributed by atoms with Crippen LogP contribution in [0, 0.1) is 0 Å². The highest BCUT2D eigenvalue weighted by Gasteiger charge is 2.43. The average Bonchev–Trinajstić information content (AvgIpc) is 2.95. The molecule has 9 heteroatoms. The zero-order valence-corrected chi connectivity index (χ0v) is 14.6. The molecule has 3 heterocycles. The molecule has 1 amide bonds. The number of hydrogen-bond acceptors (Lipinski definition) is 6. The van der Waals surface area contributed by atoms with Crippen molar-refractivity contribution < 1.29 is 22.7 Å². The van der Waals surface area contributed by atoms with Crippen molar-refractivity contribution in [3.05, 3.63) is 22.4 Å². The lowest BCUT2D eigenvalue weighted by Crippen LogP contribution is -2.60. The molecule has 2 aliphatic heterocycles. The molecule has 0 radical (unpaired) electrons. The lowest BCUT2D eigenvalue weighted by atomic mass is 10.0. The maximum atomic E-state index is 12.6. The van der Waals surface area contributed by atoms with E-state index in [-0.39, 0.29) is 19.1 Å². The van der Waals surface area contributed by atoms with Gasteiger partial charge in [-0.2, -0.15) is 4.31 Å². The van der Waals surface area contributed by atoms with Gasteiger partial charge in [-0.25, -0.2) is 8.42 Å². The molecule has 0 unspecified atom stereocenters. The minimum atomic E-state index is -3.33. The van der Waals surface area contributed by atoms with Crippen molar-refractivity contribution in [3.8, 4) is 0 Å². The second-order valence-electron chi connectivity index (χ2n) is 5.88. The van der Waals surface area contributed by atoms with Crippen LogP contribution in [0.5, 0.6) is 0 Å². The van der Waals surface area contributed by atoms with Gasteiger partial charge in [-0.1, -0.05) is 6.07 Å². The molecular formula is C14H20N2O5S2. The Hall–Kier alpha value is -1.00. The molecule has 2 aliphatic rings. The summed E-state index contributed by atoms with van der Waals surface area (Å²) in [7, 11) is -3.33. The van der Waals surface area contributed by atoms with E-state index in [0.717, 1.165) is 0 Å². The number of sulfonamides is 1. The number of ether oxygens (including phenoxy) is 2. The summed E-state index contributed by atoms with van der Waals surface area (Å²) in [5, 5.41) is 1.86. The van der Waals surface area contributed by atoms with Crippen molar-refractivity contribution in [3.63, 3.8) is 0 Å². The summed E-state index contributed by atoms with van der Waals surface area (Å²) in [6.07, 6.45) is 1.18. The maximum Gasteiger partial charge on any atom is 0.264 e. The lowest BCUT2D eigenvalue weighted by molar-refractivity contribution is -0.129. The molecule has 128 valence electrons. The molecule has 1 atom stereocenters. The van der Waals surface area contributed by atoms with Gasteiger partial charge >= 0.3 is 0 Å². The van der Waals surface area contributed by atoms with E-state index in [1.807, 2.05) is 11.4 Å². The summed E-state index contributed by atoms with van der Waals surface area (Å²) in [4.78, 5) is 15.0. The average molecular weight is 360 g/mol. The molecule has 7 nitrogen and oxygen atoms in total. The third-order valence-corrected chi connectivity index (χ3v) is 6.16. The molecule has 1 aromatic rings. The zero-order chi connectivity index (χ0) is 16.5. The van der Waals surface area contributed by atoms with Gasteiger partial charge in [-0.05, 0) is 11.4 Å². The third-order valence-electron chi connectivity index (χ3n) is 4.05. The van der Waals surface area contributed by atoms with Gasteiger partial charge in [-0.15, -0.1) is 11.3 Å². The van der Waals surface area contributed by atoms with Gasteiger partial charge in [0.2, 0.25) is 10.0 Å². The molecule has 0 aromatic carbocycles. The van der Waals surface area contributed by atoms with Crippen LogP contribution in [-0.2, 0) is 19.5 Å². The minimum absolute atomic E-state index is 0.0437. The van der Waals surface area contributed by atoms with E-state index in [1.54, 1.807) is 11.0 Å². The van der Waals surface area contributed by atoms with Gasteiger partial charge in [0.15, 0.2) is 0 Å². The second kappa shape index (κ2) is 6.48. The molecule has 0 aliphatic carbocycles. The normalized spacial score (nSPS) is 27.1. The van der Waals surface area contributed by atoms with Crippen molar-refractivity contribution in [2.75, 3.05) is 52.3 Å². The first-order chi connectivity index (χ1) is 10.9. The van der Waals surface area contributed by atoms with Gasteiger partial charge in [-0.3, -0.25) is 4.79 Å². The van der Waals surface area contributed by atoms with Crippen molar-refractivity contribution >= 4 is 27.3 Å². The summed E-state index contributed by atoms with van der Waals surface area (Å²) in [5.41, 5.74) is -0.801. The Labute approximate surface area is 139 Å². The van der Waals surface area contributed by atoms with Crippen molar-refractivity contribution in [1.82, 2.24) is 9.21 Å². The largest absolute Gasteiger partial charge is 0.377 e. The first-order valence-electron chi connectivity index (χ1n) is 7.39. The fourth-order valence-corrected chi connectivity index (χ4v) is 4.48. The number of morpholine rings is 1. The van der Waals surface area contributed by atoms with Crippen LogP contribution in [0.15, 0.2) is 17.5 Å². The zero-order valence-electron chi connectivity index (χ0n) is 12.9. The van der Waals surface area contributed by atoms with Crippen LogP contribution in [0.25, 0.3) is 0 Å². The fourth-order valence-electron chi connectivity index (χ4n) is 2.91. The van der Waals surface area contributed by atoms with Crippen molar-refractivity contribution in [2.24, 2.45) is 0 Å². The lowest BCUT2D eigenvalue weighted by Gasteiger charge is -2.42. The highest BCUT2D eigenvalue weighted by atomic mass is 32.2. The molecule has 1 spiro atoms. The number of carbonyl (C=O) groups excluding carboxylic acids is 1. The van der Waals surface area contributed by atoms with Crippen LogP contribution < -0.4 is 0 Å². The fraction of sp³-hybridized carbons (Fsp3) is 0.643. The molecule has 0 N–H and O–H groups in total. The molecule has 0 saturated carbocycles. The van der Waals surface area contributed by atoms with Crippen LogP contribution in [-0.4, -0.2) is 81.4 Å². The van der Waals surface area contributed by atoms with E-state index in [9.17, 15) is 13.2 Å². The number of carbonyl (C=O) groups is 1. The van der Waals surface area contributed by atoms with Gasteiger partial charge < -0.3 is 14.4 Å². The molecular weight excluding hydrogens is 340 g/mol. The number of rotatable bonds is 2. The molecule has 23 heavy (non-hydrogen) atoms. The first kappa shape index (κ1) is 16.8. The Morgan fingerprint density at radius 1 is 1.30 bits per heavy atom. The van der Waals surface area contributed by atoms with E-state index >= 15 is 0 Å². The number of amides is 1. The molecule has 3 rings (SSSR count). The molecule has 2 saturated heterocycles. The van der Waals surface area contributed by atoms with E-state index in [4.69, 9.17) is 9.47 Å². The molecule has 2 fully saturated rings. The van der Waals surface area contributed by atoms with Gasteiger partial charge in [0.05, 0.1) is 37.5 Å². The minimum Gasteiger partial charge on any atom is -0.377 e. The van der Waals surface area contributed by atoms with Crippen molar-refractivity contribution in [1.29, 1.82) is 0 Å². The van der Waals surface area contributed by atoms with Gasteiger partial charge in [0.25, 0.3) is 5.91 Å². The van der Waals surface area contributed by atoms with Crippen LogP contribution in [0.1, 0.15) is 9.67 Å². The summed E-state index contributed by atoms with van der Waals surface area (Å²) in [5.74, 6) is -0.0437. The number of hydrogen-bond donors (Lipinski definition) is 0. The Kier molecular flexibility index (Phi) is 4.75. The monoisotopic (exact) mass is 360 g/mol. The van der Waals surface area contributed by atoms with Crippen LogP contribution in [0.3, 0.4) is 0 Å². The van der Waals surface area contributed by atoms with Crippen LogP contribution >= 0.6 is 11.3 Å². The maximum absolute atomic E-state index is 12.6. The Balaban J connectivity index is 1.79. The summed E-state index contributed by atoms with van der Waals surface area (Å²) in [6.45, 7) is 2.33. The molecule has 0 bridgehead atoms. The van der Waals surface area contributed by atoms with E-state index < -0.39 is 15.6 Å². The topological polar surface area (TPSA) is 76.2 Å². The number of thiophene rings is 1. The predicted molar refractivity (Wildman–Crippen MR) is 86.1 cm³/mol. The standard InChI is InChI=1S/C14H20N2O5S2/c1-23(18,19)16-5-6-20-11-14(10-16)9-15(4-7-21-14)13(17)12-3-2-8-22-12/h2-3,8H,4-7,9-11H2,1H3/t14-/m0/s1. The van der Waals surface area contributed by atoms with Crippen LogP contribution in [0.4, 0.5) is 0 Å². The smallest absolute Gasteiger partial charge is 0.264 e. The highest BCUT2D eigenvalue weighted by molar-refractivity contribution is 7.88. The molecule has 1 aromatic heterocycles. The quantitative estimate of drug-likeness (QED) is 0.756. The van der Waals surface area contributed by atoms with E-state index in [1.165, 1.54) is 21.9 Å². The SMILES string of the molecule is CS(=O)(=O)N1CCOC[C@]2(CN(C(=O)c3cccs3)CCO2)C1. The number of nitrogens with zero attached hydrogens (tertiary/aromatic N) is 2. The Bertz CT molecular complexity index is 661. The third kappa shape index (κ3) is 3.74. The van der Waals surface area contributed by atoms with Gasteiger partial charge in [0.1, 0.15) is 5.60 Å². The summed E-state index contributed by atoms with van der Waals surface area (Å²) >= 11 is 1.40. The Morgan fingerprint density at radius 3 is 2.83 bits per heavy atom. The van der Waals surface area contributed by atoms with Crippen LogP contribution in [0.2, 0.25) is 0 Å². The Morgan fingerprint density at radius 2 is 2.13 bits per heavy atom. The van der Waals surface area contributed by atoms with E-state index in [2.05, 4.69) is 0 Å². The van der Waals surface area contributed by atoms with Crippen molar-refractivity contribution in [2.45, 2.75) is 5.60 Å². The first-order valence-corrected chi connectivity index (χ1v) is 10.1.